The van der Waals surface area contributed by atoms with Crippen molar-refractivity contribution in [3.8, 4) is 5.75 Å². The Kier molecular flexibility index (Phi) is 6.73. The van der Waals surface area contributed by atoms with E-state index in [0.717, 1.165) is 0 Å². The van der Waals surface area contributed by atoms with Crippen molar-refractivity contribution in [2.45, 2.75) is 11.8 Å². The van der Waals surface area contributed by atoms with Crippen LogP contribution in [0.3, 0.4) is 0 Å². The number of hydrazone groups is 1. The van der Waals surface area contributed by atoms with Crippen molar-refractivity contribution in [2.24, 2.45) is 5.10 Å². The maximum Gasteiger partial charge on any atom is 0.277 e. The maximum atomic E-state index is 11.8. The largest absolute Gasteiger partial charge is 0.484 e. The highest BCUT2D eigenvalue weighted by molar-refractivity contribution is 7.89. The number of nitrogens with one attached hydrogen (secondary N) is 2. The first kappa shape index (κ1) is 19.9. The molecule has 0 radical (unpaired) electrons. The minimum absolute atomic E-state index is 0.150. The van der Waals surface area contributed by atoms with E-state index in [1.807, 2.05) is 0 Å². The average Bonchev–Trinajstić information content (AvgIpc) is 2.65. The van der Waals surface area contributed by atoms with Gasteiger partial charge in [-0.3, -0.25) is 4.79 Å². The Morgan fingerprint density at radius 3 is 2.31 bits per heavy atom. The van der Waals surface area contributed by atoms with E-state index in [4.69, 9.17) is 16.3 Å². The third-order valence-corrected chi connectivity index (χ3v) is 5.07. The number of ether oxygens (including phenoxy) is 1. The molecule has 2 rings (SSSR count). The summed E-state index contributed by atoms with van der Waals surface area (Å²) in [7, 11) is -2.14. The molecule has 138 valence electrons. The molecule has 2 aromatic rings. The standard InChI is InChI=1S/C17H18ClN3O4S/c1-12(13-3-9-16(10-4-13)26(23,24)19-2)20-21-17(22)11-25-15-7-5-14(18)6-8-15/h3-10,19H,11H2,1-2H3,(H,21,22)/b20-12-. The Morgan fingerprint density at radius 2 is 1.73 bits per heavy atom. The molecule has 0 spiro atoms. The van der Waals surface area contributed by atoms with Gasteiger partial charge < -0.3 is 4.74 Å². The van der Waals surface area contributed by atoms with Gasteiger partial charge in [-0.2, -0.15) is 5.10 Å². The molecule has 1 amide bonds. The van der Waals surface area contributed by atoms with Gasteiger partial charge in [0.1, 0.15) is 5.75 Å². The second-order valence-electron chi connectivity index (χ2n) is 5.21. The van der Waals surface area contributed by atoms with Crippen molar-refractivity contribution in [2.75, 3.05) is 13.7 Å². The molecule has 9 heteroatoms. The number of amides is 1. The van der Waals surface area contributed by atoms with Crippen LogP contribution in [0.4, 0.5) is 0 Å². The van der Waals surface area contributed by atoms with E-state index in [2.05, 4.69) is 15.2 Å². The lowest BCUT2D eigenvalue weighted by Gasteiger charge is -2.07. The lowest BCUT2D eigenvalue weighted by Crippen LogP contribution is -2.25. The maximum absolute atomic E-state index is 11.8. The van der Waals surface area contributed by atoms with Gasteiger partial charge in [-0.15, -0.1) is 0 Å². The van der Waals surface area contributed by atoms with Crippen LogP contribution < -0.4 is 14.9 Å². The van der Waals surface area contributed by atoms with Gasteiger partial charge in [0.05, 0.1) is 10.6 Å². The number of rotatable bonds is 7. The molecule has 2 N–H and O–H groups in total. The zero-order valence-electron chi connectivity index (χ0n) is 14.2. The van der Waals surface area contributed by atoms with Gasteiger partial charge in [0.25, 0.3) is 5.91 Å². The summed E-state index contributed by atoms with van der Waals surface area (Å²) in [5, 5.41) is 4.56. The molecular formula is C17H18ClN3O4S. The Bertz CT molecular complexity index is 895. The minimum Gasteiger partial charge on any atom is -0.484 e. The number of carbonyl (C=O) groups is 1. The second-order valence-corrected chi connectivity index (χ2v) is 7.53. The normalized spacial score (nSPS) is 11.9. The third kappa shape index (κ3) is 5.55. The van der Waals surface area contributed by atoms with E-state index in [-0.39, 0.29) is 11.5 Å². The summed E-state index contributed by atoms with van der Waals surface area (Å²) in [4.78, 5) is 11.9. The lowest BCUT2D eigenvalue weighted by molar-refractivity contribution is -0.123. The van der Waals surface area contributed by atoms with Crippen molar-refractivity contribution in [1.82, 2.24) is 10.1 Å². The van der Waals surface area contributed by atoms with Crippen LogP contribution in [0.1, 0.15) is 12.5 Å². The van der Waals surface area contributed by atoms with Crippen LogP contribution >= 0.6 is 11.6 Å². The van der Waals surface area contributed by atoms with Crippen molar-refractivity contribution >= 4 is 33.2 Å². The summed E-state index contributed by atoms with van der Waals surface area (Å²) in [6.45, 7) is 1.50. The molecule has 0 atom stereocenters. The highest BCUT2D eigenvalue weighted by Gasteiger charge is 2.11. The third-order valence-electron chi connectivity index (χ3n) is 3.38. The molecular weight excluding hydrogens is 378 g/mol. The summed E-state index contributed by atoms with van der Waals surface area (Å²) < 4.78 is 30.9. The van der Waals surface area contributed by atoms with Gasteiger partial charge in [-0.05, 0) is 55.9 Å². The average molecular weight is 396 g/mol. The molecule has 7 nitrogen and oxygen atoms in total. The summed E-state index contributed by atoms with van der Waals surface area (Å²) in [6, 6.07) is 12.8. The topological polar surface area (TPSA) is 96.9 Å². The number of hydrogen-bond donors (Lipinski definition) is 2. The zero-order chi connectivity index (χ0) is 19.2. The molecule has 0 unspecified atom stereocenters. The van der Waals surface area contributed by atoms with E-state index in [9.17, 15) is 13.2 Å². The Morgan fingerprint density at radius 1 is 1.12 bits per heavy atom. The Labute approximate surface area is 157 Å². The number of halogens is 1. The SMILES string of the molecule is CNS(=O)(=O)c1ccc(/C(C)=N\NC(=O)COc2ccc(Cl)cc2)cc1. The molecule has 0 aliphatic heterocycles. The summed E-state index contributed by atoms with van der Waals surface area (Å²) >= 11 is 5.77. The molecule has 0 aliphatic carbocycles. The Balaban J connectivity index is 1.92. The molecule has 0 saturated heterocycles. The zero-order valence-corrected chi connectivity index (χ0v) is 15.8. The fourth-order valence-corrected chi connectivity index (χ4v) is 2.77. The molecule has 0 aromatic heterocycles. The van der Waals surface area contributed by atoms with Crippen LogP contribution in [0.25, 0.3) is 0 Å². The van der Waals surface area contributed by atoms with Crippen LogP contribution in [0, 0.1) is 0 Å². The lowest BCUT2D eigenvalue weighted by atomic mass is 10.1. The molecule has 0 saturated carbocycles. The van der Waals surface area contributed by atoms with E-state index < -0.39 is 15.9 Å². The first-order chi connectivity index (χ1) is 12.3. The van der Waals surface area contributed by atoms with E-state index in [1.165, 1.54) is 19.2 Å². The van der Waals surface area contributed by atoms with E-state index in [1.54, 1.807) is 43.3 Å². The summed E-state index contributed by atoms with van der Waals surface area (Å²) in [5.41, 5.74) is 3.59. The van der Waals surface area contributed by atoms with Crippen molar-refractivity contribution in [3.05, 3.63) is 59.1 Å². The number of hydrogen-bond acceptors (Lipinski definition) is 5. The molecule has 0 bridgehead atoms. The first-order valence-electron chi connectivity index (χ1n) is 7.57. The van der Waals surface area contributed by atoms with Crippen molar-refractivity contribution in [3.63, 3.8) is 0 Å². The summed E-state index contributed by atoms with van der Waals surface area (Å²) in [6.07, 6.45) is 0. The van der Waals surface area contributed by atoms with Crippen LogP contribution in [-0.2, 0) is 14.8 Å². The van der Waals surface area contributed by atoms with Crippen molar-refractivity contribution < 1.29 is 17.9 Å². The van der Waals surface area contributed by atoms with E-state index >= 15 is 0 Å². The Hall–Kier alpha value is -2.42. The number of sulfonamides is 1. The summed E-state index contributed by atoms with van der Waals surface area (Å²) in [5.74, 6) is 0.0975. The highest BCUT2D eigenvalue weighted by atomic mass is 35.5. The molecule has 0 heterocycles. The van der Waals surface area contributed by atoms with Crippen LogP contribution in [-0.4, -0.2) is 33.7 Å². The van der Waals surface area contributed by atoms with Crippen LogP contribution in [0.2, 0.25) is 5.02 Å². The van der Waals surface area contributed by atoms with Gasteiger partial charge >= 0.3 is 0 Å². The predicted octanol–water partition coefficient (Wildman–Crippen LogP) is 2.17. The van der Waals surface area contributed by atoms with Gasteiger partial charge in [0.2, 0.25) is 10.0 Å². The van der Waals surface area contributed by atoms with E-state index in [0.29, 0.717) is 22.0 Å². The fraction of sp³-hybridized carbons (Fsp3) is 0.176. The van der Waals surface area contributed by atoms with Gasteiger partial charge in [0.15, 0.2) is 6.61 Å². The molecule has 2 aromatic carbocycles. The second kappa shape index (κ2) is 8.79. The smallest absolute Gasteiger partial charge is 0.277 e. The first-order valence-corrected chi connectivity index (χ1v) is 9.43. The van der Waals surface area contributed by atoms with Gasteiger partial charge in [-0.1, -0.05) is 23.7 Å². The highest BCUT2D eigenvalue weighted by Crippen LogP contribution is 2.15. The van der Waals surface area contributed by atoms with Gasteiger partial charge in [-0.25, -0.2) is 18.6 Å². The minimum atomic E-state index is -3.49. The van der Waals surface area contributed by atoms with Gasteiger partial charge in [0, 0.05) is 5.02 Å². The number of benzene rings is 2. The molecule has 26 heavy (non-hydrogen) atoms. The fourth-order valence-electron chi connectivity index (χ4n) is 1.92. The molecule has 0 aliphatic rings. The van der Waals surface area contributed by atoms with Crippen LogP contribution in [0.15, 0.2) is 58.5 Å². The predicted molar refractivity (Wildman–Crippen MR) is 100.0 cm³/mol. The number of carbonyl (C=O) groups excluding carboxylic acids is 1. The van der Waals surface area contributed by atoms with Crippen LogP contribution in [0.5, 0.6) is 5.75 Å². The monoisotopic (exact) mass is 395 g/mol. The quantitative estimate of drug-likeness (QED) is 0.554. The van der Waals surface area contributed by atoms with Crippen molar-refractivity contribution in [1.29, 1.82) is 0 Å². The number of nitrogens with zero attached hydrogens (tertiary/aromatic N) is 1. The molecule has 0 fully saturated rings.